The van der Waals surface area contributed by atoms with Crippen molar-refractivity contribution in [1.29, 1.82) is 5.26 Å². The summed E-state index contributed by atoms with van der Waals surface area (Å²) in [5.74, 6) is 0.546. The van der Waals surface area contributed by atoms with Crippen LogP contribution in [0.4, 0.5) is 18.9 Å². The number of nitriles is 1. The normalized spacial score (nSPS) is 25.6. The van der Waals surface area contributed by atoms with Gasteiger partial charge in [0, 0.05) is 6.61 Å². The van der Waals surface area contributed by atoms with Gasteiger partial charge >= 0.3 is 6.18 Å². The van der Waals surface area contributed by atoms with Gasteiger partial charge in [-0.25, -0.2) is 0 Å². The maximum Gasteiger partial charge on any atom is 0.416 e. The molecule has 112 valence electrons. The van der Waals surface area contributed by atoms with Crippen LogP contribution in [0.15, 0.2) is 18.2 Å². The molecule has 21 heavy (non-hydrogen) atoms. The molecule has 1 saturated carbocycles. The van der Waals surface area contributed by atoms with E-state index in [1.165, 1.54) is 6.07 Å². The Hall–Kier alpha value is -1.74. The molecule has 2 aliphatic rings. The molecule has 2 atom stereocenters. The highest BCUT2D eigenvalue weighted by atomic mass is 19.4. The van der Waals surface area contributed by atoms with E-state index in [4.69, 9.17) is 10.00 Å². The van der Waals surface area contributed by atoms with Crippen molar-refractivity contribution in [1.82, 2.24) is 0 Å². The third-order valence-electron chi connectivity index (χ3n) is 4.03. The molecule has 0 bridgehead atoms. The molecule has 3 rings (SSSR count). The van der Waals surface area contributed by atoms with Gasteiger partial charge in [0.15, 0.2) is 0 Å². The SMILES string of the molecule is N#Cc1cc(C(F)(F)F)ccc1NC1CCOC1C1CC1. The van der Waals surface area contributed by atoms with E-state index in [1.807, 2.05) is 6.07 Å². The first-order chi connectivity index (χ1) is 9.99. The van der Waals surface area contributed by atoms with Crippen LogP contribution in [-0.2, 0) is 10.9 Å². The molecule has 1 heterocycles. The van der Waals surface area contributed by atoms with Gasteiger partial charge in [0.05, 0.1) is 29.0 Å². The minimum absolute atomic E-state index is 0.0197. The van der Waals surface area contributed by atoms with Gasteiger partial charge in [-0.15, -0.1) is 0 Å². The number of alkyl halides is 3. The van der Waals surface area contributed by atoms with Gasteiger partial charge < -0.3 is 10.1 Å². The molecular weight excluding hydrogens is 281 g/mol. The van der Waals surface area contributed by atoms with Gasteiger partial charge in [0.1, 0.15) is 6.07 Å². The fourth-order valence-corrected chi connectivity index (χ4v) is 2.79. The van der Waals surface area contributed by atoms with E-state index in [2.05, 4.69) is 5.32 Å². The van der Waals surface area contributed by atoms with E-state index in [-0.39, 0.29) is 17.7 Å². The summed E-state index contributed by atoms with van der Waals surface area (Å²) in [6.45, 7) is 0.654. The summed E-state index contributed by atoms with van der Waals surface area (Å²) in [7, 11) is 0. The first-order valence-electron chi connectivity index (χ1n) is 6.98. The Balaban J connectivity index is 1.80. The van der Waals surface area contributed by atoms with E-state index in [0.29, 0.717) is 18.2 Å². The minimum Gasteiger partial charge on any atom is -0.379 e. The summed E-state index contributed by atoms with van der Waals surface area (Å²) in [5, 5.41) is 12.3. The van der Waals surface area contributed by atoms with E-state index in [9.17, 15) is 13.2 Å². The first-order valence-corrected chi connectivity index (χ1v) is 6.98. The number of halogens is 3. The lowest BCUT2D eigenvalue weighted by molar-refractivity contribution is -0.137. The Morgan fingerprint density at radius 3 is 2.62 bits per heavy atom. The number of benzene rings is 1. The van der Waals surface area contributed by atoms with Gasteiger partial charge in [0.2, 0.25) is 0 Å². The van der Waals surface area contributed by atoms with E-state index < -0.39 is 11.7 Å². The van der Waals surface area contributed by atoms with E-state index >= 15 is 0 Å². The number of hydrogen-bond donors (Lipinski definition) is 1. The number of nitrogens with one attached hydrogen (secondary N) is 1. The Labute approximate surface area is 120 Å². The molecular formula is C15H15F3N2O. The summed E-state index contributed by atoms with van der Waals surface area (Å²) < 4.78 is 43.7. The molecule has 6 heteroatoms. The molecule has 1 aliphatic heterocycles. The Bertz CT molecular complexity index is 575. The molecule has 0 aromatic heterocycles. The lowest BCUT2D eigenvalue weighted by atomic mass is 10.0. The highest BCUT2D eigenvalue weighted by molar-refractivity contribution is 5.59. The molecule has 1 saturated heterocycles. The van der Waals surface area contributed by atoms with Gasteiger partial charge in [-0.05, 0) is 43.4 Å². The molecule has 0 radical (unpaired) electrons. The number of ether oxygens (including phenoxy) is 1. The first kappa shape index (κ1) is 14.2. The number of hydrogen-bond acceptors (Lipinski definition) is 3. The topological polar surface area (TPSA) is 45.0 Å². The quantitative estimate of drug-likeness (QED) is 0.927. The van der Waals surface area contributed by atoms with Crippen LogP contribution in [0.5, 0.6) is 0 Å². The van der Waals surface area contributed by atoms with Crippen LogP contribution in [0, 0.1) is 17.2 Å². The van der Waals surface area contributed by atoms with Crippen LogP contribution < -0.4 is 5.32 Å². The number of anilines is 1. The molecule has 2 unspecified atom stereocenters. The molecule has 1 aliphatic carbocycles. The second kappa shape index (κ2) is 5.23. The summed E-state index contributed by atoms with van der Waals surface area (Å²) in [6.07, 6.45) is -1.23. The minimum atomic E-state index is -4.43. The predicted molar refractivity (Wildman–Crippen MR) is 70.7 cm³/mol. The standard InChI is InChI=1S/C15H15F3N2O/c16-15(17,18)11-3-4-12(10(7-11)8-19)20-13-5-6-21-14(13)9-1-2-9/h3-4,7,9,13-14,20H,1-2,5-6H2. The predicted octanol–water partition coefficient (Wildman–Crippen LogP) is 3.56. The van der Waals surface area contributed by atoms with Crippen molar-refractivity contribution in [2.75, 3.05) is 11.9 Å². The zero-order valence-corrected chi connectivity index (χ0v) is 11.3. The van der Waals surface area contributed by atoms with Crippen molar-refractivity contribution < 1.29 is 17.9 Å². The van der Waals surface area contributed by atoms with Crippen molar-refractivity contribution in [3.05, 3.63) is 29.3 Å². The lowest BCUT2D eigenvalue weighted by Crippen LogP contribution is -2.31. The second-order valence-electron chi connectivity index (χ2n) is 5.58. The van der Waals surface area contributed by atoms with Crippen LogP contribution >= 0.6 is 0 Å². The molecule has 3 nitrogen and oxygen atoms in total. The van der Waals surface area contributed by atoms with Crippen molar-refractivity contribution >= 4 is 5.69 Å². The monoisotopic (exact) mass is 296 g/mol. The van der Waals surface area contributed by atoms with Gasteiger partial charge in [0.25, 0.3) is 0 Å². The average Bonchev–Trinajstić information content (AvgIpc) is 3.18. The smallest absolute Gasteiger partial charge is 0.379 e. The summed E-state index contributed by atoms with van der Waals surface area (Å²) in [4.78, 5) is 0. The summed E-state index contributed by atoms with van der Waals surface area (Å²) in [5.41, 5.74) is -0.330. The molecule has 1 N–H and O–H groups in total. The third-order valence-corrected chi connectivity index (χ3v) is 4.03. The third kappa shape index (κ3) is 2.98. The van der Waals surface area contributed by atoms with Crippen molar-refractivity contribution in [2.45, 2.75) is 37.6 Å². The Morgan fingerprint density at radius 1 is 1.24 bits per heavy atom. The molecule has 1 aromatic rings. The van der Waals surface area contributed by atoms with Crippen LogP contribution in [0.2, 0.25) is 0 Å². The molecule has 2 fully saturated rings. The Morgan fingerprint density at radius 2 is 2.00 bits per heavy atom. The Kier molecular flexibility index (Phi) is 3.54. The van der Waals surface area contributed by atoms with Crippen LogP contribution in [-0.4, -0.2) is 18.8 Å². The van der Waals surface area contributed by atoms with Crippen molar-refractivity contribution in [3.8, 4) is 6.07 Å². The summed E-state index contributed by atoms with van der Waals surface area (Å²) >= 11 is 0. The van der Waals surface area contributed by atoms with Gasteiger partial charge in [-0.2, -0.15) is 18.4 Å². The maximum atomic E-state index is 12.7. The highest BCUT2D eigenvalue weighted by Gasteiger charge is 2.41. The highest BCUT2D eigenvalue weighted by Crippen LogP contribution is 2.40. The van der Waals surface area contributed by atoms with Crippen molar-refractivity contribution in [2.24, 2.45) is 5.92 Å². The zero-order chi connectivity index (χ0) is 15.0. The number of rotatable bonds is 3. The van der Waals surface area contributed by atoms with Gasteiger partial charge in [-0.3, -0.25) is 0 Å². The fraction of sp³-hybridized carbons (Fsp3) is 0.533. The fourth-order valence-electron chi connectivity index (χ4n) is 2.79. The summed E-state index contributed by atoms with van der Waals surface area (Å²) in [6, 6.07) is 5.14. The zero-order valence-electron chi connectivity index (χ0n) is 11.3. The van der Waals surface area contributed by atoms with Gasteiger partial charge in [-0.1, -0.05) is 0 Å². The van der Waals surface area contributed by atoms with Crippen LogP contribution in [0.1, 0.15) is 30.4 Å². The number of nitrogens with zero attached hydrogens (tertiary/aromatic N) is 1. The van der Waals surface area contributed by atoms with E-state index in [1.54, 1.807) is 0 Å². The van der Waals surface area contributed by atoms with Crippen LogP contribution in [0.3, 0.4) is 0 Å². The van der Waals surface area contributed by atoms with Crippen molar-refractivity contribution in [3.63, 3.8) is 0 Å². The van der Waals surface area contributed by atoms with E-state index in [0.717, 1.165) is 31.4 Å². The average molecular weight is 296 g/mol. The molecule has 0 spiro atoms. The molecule has 0 amide bonds. The molecule has 1 aromatic carbocycles. The lowest BCUT2D eigenvalue weighted by Gasteiger charge is -2.21. The maximum absolute atomic E-state index is 12.7. The van der Waals surface area contributed by atoms with Crippen LogP contribution in [0.25, 0.3) is 0 Å². The second-order valence-corrected chi connectivity index (χ2v) is 5.58. The largest absolute Gasteiger partial charge is 0.416 e.